The molecule has 1 saturated heterocycles. The predicted octanol–water partition coefficient (Wildman–Crippen LogP) is 6.71. The van der Waals surface area contributed by atoms with Crippen LogP contribution in [0.4, 0.5) is 0 Å². The first kappa shape index (κ1) is 45.4. The van der Waals surface area contributed by atoms with Crippen molar-refractivity contribution >= 4 is 11.9 Å². The van der Waals surface area contributed by atoms with Gasteiger partial charge in [-0.1, -0.05) is 120 Å². The number of hydrogen-bond donors (Lipinski definition) is 4. The summed E-state index contributed by atoms with van der Waals surface area (Å²) in [5, 5.41) is 39.8. The van der Waals surface area contributed by atoms with Crippen LogP contribution in [0.15, 0.2) is 60.8 Å². The van der Waals surface area contributed by atoms with E-state index < -0.39 is 55.4 Å². The maximum absolute atomic E-state index is 12.7. The zero-order valence-electron chi connectivity index (χ0n) is 30.6. The van der Waals surface area contributed by atoms with Crippen molar-refractivity contribution in [1.29, 1.82) is 0 Å². The standard InChI is InChI=1S/C40H66O10/c1-3-5-7-9-11-13-14-15-16-17-18-19-20-21-23-25-27-29-36(43)49-33(31-47-35(42)28-26-24-22-12-10-8-6-4-2)32-48-40-39(46)38(45)37(44)34(30-41)50-40/h5,7,11,13,15-16,18-19,21,23,33-34,37-41,44-46H,3-4,6,8-10,12,14,17,20,22,24-32H2,1-2H3/b7-5+,13-11+,16-15+,19-18+,23-21+/t33-,34-,37+,38?,39?,40-/m1/s1. The molecule has 2 unspecified atom stereocenters. The van der Waals surface area contributed by atoms with E-state index in [2.05, 4.69) is 68.5 Å². The SMILES string of the molecule is CC/C=C/C/C=C/C/C=C/C/C=C/C/C=C/CCCC(=O)O[C@H](COC(=O)CCCCCCCCCC)CO[C@@H]1O[C@H](CO)[C@H](O)C(O)C1O. The van der Waals surface area contributed by atoms with Crippen LogP contribution in [-0.4, -0.2) is 89.0 Å². The average Bonchev–Trinajstić information content (AvgIpc) is 3.11. The van der Waals surface area contributed by atoms with E-state index in [4.69, 9.17) is 18.9 Å². The summed E-state index contributed by atoms with van der Waals surface area (Å²) in [5.41, 5.74) is 0. The maximum Gasteiger partial charge on any atom is 0.306 e. The number of hydrogen-bond acceptors (Lipinski definition) is 10. The monoisotopic (exact) mass is 706 g/mol. The minimum absolute atomic E-state index is 0.150. The number of aliphatic hydroxyl groups is 4. The summed E-state index contributed by atoms with van der Waals surface area (Å²) in [5.74, 6) is -0.887. The third-order valence-corrected chi connectivity index (χ3v) is 8.17. The number of aliphatic hydroxyl groups excluding tert-OH is 4. The van der Waals surface area contributed by atoms with Crippen LogP contribution in [0.1, 0.15) is 123 Å². The van der Waals surface area contributed by atoms with Gasteiger partial charge in [-0.15, -0.1) is 0 Å². The van der Waals surface area contributed by atoms with Gasteiger partial charge in [-0.25, -0.2) is 0 Å². The van der Waals surface area contributed by atoms with E-state index in [1.807, 2.05) is 6.08 Å². The molecule has 10 heteroatoms. The summed E-state index contributed by atoms with van der Waals surface area (Å²) >= 11 is 0. The van der Waals surface area contributed by atoms with E-state index in [0.29, 0.717) is 19.3 Å². The number of carbonyl (C=O) groups is 2. The smallest absolute Gasteiger partial charge is 0.306 e. The lowest BCUT2D eigenvalue weighted by Crippen LogP contribution is -2.59. The summed E-state index contributed by atoms with van der Waals surface area (Å²) in [6.45, 7) is 3.18. The number of ether oxygens (including phenoxy) is 4. The number of carbonyl (C=O) groups excluding carboxylic acids is 2. The van der Waals surface area contributed by atoms with Crippen molar-refractivity contribution in [2.24, 2.45) is 0 Å². The quantitative estimate of drug-likeness (QED) is 0.0375. The van der Waals surface area contributed by atoms with Gasteiger partial charge in [0.25, 0.3) is 0 Å². The Labute approximate surface area is 300 Å². The molecule has 0 amide bonds. The lowest BCUT2D eigenvalue weighted by Gasteiger charge is -2.39. The van der Waals surface area contributed by atoms with Crippen molar-refractivity contribution < 1.29 is 49.0 Å². The van der Waals surface area contributed by atoms with E-state index in [1.54, 1.807) is 0 Å². The van der Waals surface area contributed by atoms with Crippen molar-refractivity contribution in [3.05, 3.63) is 60.8 Å². The third kappa shape index (κ3) is 23.0. The van der Waals surface area contributed by atoms with Crippen LogP contribution in [0.2, 0.25) is 0 Å². The van der Waals surface area contributed by atoms with Gasteiger partial charge in [0.1, 0.15) is 31.0 Å². The Kier molecular flexibility index (Phi) is 28.3. The van der Waals surface area contributed by atoms with Crippen molar-refractivity contribution in [2.45, 2.75) is 160 Å². The molecule has 50 heavy (non-hydrogen) atoms. The Morgan fingerprint density at radius 1 is 0.640 bits per heavy atom. The van der Waals surface area contributed by atoms with Crippen LogP contribution in [0, 0.1) is 0 Å². The number of unbranched alkanes of at least 4 members (excludes halogenated alkanes) is 8. The first-order chi connectivity index (χ1) is 24.3. The first-order valence-corrected chi connectivity index (χ1v) is 18.9. The largest absolute Gasteiger partial charge is 0.462 e. The lowest BCUT2D eigenvalue weighted by molar-refractivity contribution is -0.305. The normalized spacial score (nSPS) is 22.1. The van der Waals surface area contributed by atoms with Gasteiger partial charge in [0.05, 0.1) is 13.2 Å². The molecule has 0 aliphatic carbocycles. The summed E-state index contributed by atoms with van der Waals surface area (Å²) in [4.78, 5) is 25.0. The minimum Gasteiger partial charge on any atom is -0.462 e. The van der Waals surface area contributed by atoms with Gasteiger partial charge in [-0.3, -0.25) is 9.59 Å². The van der Waals surface area contributed by atoms with Crippen LogP contribution >= 0.6 is 0 Å². The van der Waals surface area contributed by atoms with Gasteiger partial charge in [-0.2, -0.15) is 0 Å². The fraction of sp³-hybridized carbons (Fsp3) is 0.700. The van der Waals surface area contributed by atoms with Gasteiger partial charge >= 0.3 is 11.9 Å². The fourth-order valence-electron chi connectivity index (χ4n) is 5.16. The molecule has 286 valence electrons. The van der Waals surface area contributed by atoms with Crippen LogP contribution in [-0.2, 0) is 28.5 Å². The van der Waals surface area contributed by atoms with Crippen LogP contribution < -0.4 is 0 Å². The van der Waals surface area contributed by atoms with E-state index in [0.717, 1.165) is 51.4 Å². The second-order valence-electron chi connectivity index (χ2n) is 12.7. The molecule has 0 radical (unpaired) electrons. The molecule has 6 atom stereocenters. The molecule has 0 aromatic carbocycles. The Morgan fingerprint density at radius 3 is 1.76 bits per heavy atom. The molecule has 1 rings (SSSR count). The first-order valence-electron chi connectivity index (χ1n) is 18.9. The molecule has 4 N–H and O–H groups in total. The number of rotatable bonds is 29. The van der Waals surface area contributed by atoms with Crippen LogP contribution in [0.25, 0.3) is 0 Å². The second-order valence-corrected chi connectivity index (χ2v) is 12.7. The third-order valence-electron chi connectivity index (χ3n) is 8.17. The average molecular weight is 707 g/mol. The summed E-state index contributed by atoms with van der Waals surface area (Å²) in [6.07, 6.45) is 28.2. The fourth-order valence-corrected chi connectivity index (χ4v) is 5.16. The molecular weight excluding hydrogens is 640 g/mol. The highest BCUT2D eigenvalue weighted by Crippen LogP contribution is 2.22. The highest BCUT2D eigenvalue weighted by molar-refractivity contribution is 5.70. The zero-order chi connectivity index (χ0) is 36.7. The van der Waals surface area contributed by atoms with Crippen molar-refractivity contribution in [1.82, 2.24) is 0 Å². The van der Waals surface area contributed by atoms with Crippen molar-refractivity contribution in [3.8, 4) is 0 Å². The predicted molar refractivity (Wildman–Crippen MR) is 196 cm³/mol. The van der Waals surface area contributed by atoms with E-state index in [1.165, 1.54) is 25.7 Å². The van der Waals surface area contributed by atoms with Gasteiger partial charge in [0.15, 0.2) is 12.4 Å². The van der Waals surface area contributed by atoms with Gasteiger partial charge in [-0.05, 0) is 51.4 Å². The molecule has 0 aromatic rings. The van der Waals surface area contributed by atoms with Crippen LogP contribution in [0.5, 0.6) is 0 Å². The topological polar surface area (TPSA) is 152 Å². The molecule has 1 fully saturated rings. The molecule has 0 bridgehead atoms. The van der Waals surface area contributed by atoms with Gasteiger partial charge in [0, 0.05) is 12.8 Å². The Morgan fingerprint density at radius 2 is 1.18 bits per heavy atom. The molecule has 1 heterocycles. The molecule has 10 nitrogen and oxygen atoms in total. The highest BCUT2D eigenvalue weighted by Gasteiger charge is 2.44. The summed E-state index contributed by atoms with van der Waals surface area (Å²) in [7, 11) is 0. The molecule has 0 saturated carbocycles. The summed E-state index contributed by atoms with van der Waals surface area (Å²) in [6, 6.07) is 0. The minimum atomic E-state index is -1.60. The van der Waals surface area contributed by atoms with E-state index in [-0.39, 0.29) is 26.1 Å². The van der Waals surface area contributed by atoms with E-state index >= 15 is 0 Å². The van der Waals surface area contributed by atoms with E-state index in [9.17, 15) is 30.0 Å². The lowest BCUT2D eigenvalue weighted by atomic mass is 9.99. The van der Waals surface area contributed by atoms with Crippen molar-refractivity contribution in [2.75, 3.05) is 19.8 Å². The maximum atomic E-state index is 12.7. The molecular formula is C40H66O10. The van der Waals surface area contributed by atoms with Gasteiger partial charge in [0.2, 0.25) is 0 Å². The number of esters is 2. The molecule has 1 aliphatic heterocycles. The van der Waals surface area contributed by atoms with Crippen molar-refractivity contribution in [3.63, 3.8) is 0 Å². The Bertz CT molecular complexity index is 1000. The zero-order valence-corrected chi connectivity index (χ0v) is 30.6. The summed E-state index contributed by atoms with van der Waals surface area (Å²) < 4.78 is 21.9. The molecule has 0 aromatic heterocycles. The highest BCUT2D eigenvalue weighted by atomic mass is 16.7. The Hall–Kier alpha value is -2.60. The van der Waals surface area contributed by atoms with Crippen LogP contribution in [0.3, 0.4) is 0 Å². The number of allylic oxidation sites excluding steroid dienone is 10. The Balaban J connectivity index is 2.45. The second kappa shape index (κ2) is 31.2. The molecule has 0 spiro atoms. The van der Waals surface area contributed by atoms with Gasteiger partial charge < -0.3 is 39.4 Å². The molecule has 1 aliphatic rings.